The van der Waals surface area contributed by atoms with Crippen molar-refractivity contribution in [3.05, 3.63) is 70.5 Å². The normalized spacial score (nSPS) is 16.1. The molecule has 1 aliphatic rings. The van der Waals surface area contributed by atoms with Gasteiger partial charge in [0, 0.05) is 29.7 Å². The fourth-order valence-electron chi connectivity index (χ4n) is 4.12. The summed E-state index contributed by atoms with van der Waals surface area (Å²) >= 11 is 0. The fourth-order valence-corrected chi connectivity index (χ4v) is 5.82. The van der Waals surface area contributed by atoms with E-state index in [1.807, 2.05) is 24.3 Å². The summed E-state index contributed by atoms with van der Waals surface area (Å²) in [5, 5.41) is 0.682. The van der Waals surface area contributed by atoms with Crippen molar-refractivity contribution in [2.45, 2.75) is 30.3 Å². The van der Waals surface area contributed by atoms with E-state index < -0.39 is 10.0 Å². The molecule has 0 aliphatic carbocycles. The highest BCUT2D eigenvalue weighted by Crippen LogP contribution is 2.30. The number of hydrogen-bond acceptors (Lipinski definition) is 5. The number of para-hydroxylation sites is 1. The van der Waals surface area contributed by atoms with Crippen LogP contribution in [-0.4, -0.2) is 55.9 Å². The molecule has 1 saturated heterocycles. The first-order valence-electron chi connectivity index (χ1n) is 10.3. The second-order valence-electron chi connectivity index (χ2n) is 7.97. The van der Waals surface area contributed by atoms with Gasteiger partial charge in [-0.15, -0.1) is 0 Å². The number of ether oxygens (including phenoxy) is 1. The molecule has 3 aromatic rings. The van der Waals surface area contributed by atoms with E-state index in [0.29, 0.717) is 16.7 Å². The van der Waals surface area contributed by atoms with Crippen LogP contribution < -0.4 is 10.3 Å². The van der Waals surface area contributed by atoms with Crippen molar-refractivity contribution in [3.8, 4) is 5.75 Å². The number of fused-ring (bicyclic) bond motifs is 1. The van der Waals surface area contributed by atoms with Crippen molar-refractivity contribution < 1.29 is 13.2 Å². The zero-order valence-electron chi connectivity index (χ0n) is 17.7. The summed E-state index contributed by atoms with van der Waals surface area (Å²) in [4.78, 5) is 16.7. The molecule has 0 radical (unpaired) electrons. The molecule has 0 atom stereocenters. The van der Waals surface area contributed by atoms with E-state index in [1.54, 1.807) is 35.7 Å². The summed E-state index contributed by atoms with van der Waals surface area (Å²) in [5.41, 5.74) is 1.23. The molecule has 0 unspecified atom stereocenters. The lowest BCUT2D eigenvalue weighted by molar-refractivity contribution is 0.178. The van der Waals surface area contributed by atoms with Gasteiger partial charge in [0.2, 0.25) is 15.6 Å². The van der Waals surface area contributed by atoms with Crippen molar-refractivity contribution in [2.24, 2.45) is 0 Å². The second-order valence-corrected chi connectivity index (χ2v) is 9.86. The number of aromatic nitrogens is 1. The number of aromatic amines is 1. The Morgan fingerprint density at radius 2 is 1.84 bits per heavy atom. The first kappa shape index (κ1) is 21.5. The molecule has 7 nitrogen and oxygen atoms in total. The Morgan fingerprint density at radius 1 is 1.10 bits per heavy atom. The van der Waals surface area contributed by atoms with Crippen LogP contribution in [0.5, 0.6) is 5.75 Å². The average Bonchev–Trinajstić information content (AvgIpc) is 2.78. The van der Waals surface area contributed by atoms with Crippen LogP contribution >= 0.6 is 0 Å². The van der Waals surface area contributed by atoms with Crippen molar-refractivity contribution in [1.82, 2.24) is 14.2 Å². The molecular weight excluding hydrogens is 414 g/mol. The summed E-state index contributed by atoms with van der Waals surface area (Å²) < 4.78 is 34.7. The third-order valence-corrected chi connectivity index (χ3v) is 7.81. The molecule has 8 heteroatoms. The summed E-state index contributed by atoms with van der Waals surface area (Å²) in [7, 11) is -0.126. The monoisotopic (exact) mass is 441 g/mol. The largest absolute Gasteiger partial charge is 0.496 e. The number of sulfonamides is 1. The van der Waals surface area contributed by atoms with Gasteiger partial charge in [0.15, 0.2) is 0 Å². The molecule has 1 N–H and O–H groups in total. The standard InChI is InChI=1S/C23H27N3O4S/c1-25-13-11-19(12-14-25)26(16-18-5-3-4-6-22(18)30-2)31(28,29)20-8-9-21-17(15-20)7-10-23(27)24-21/h3-10,15,19H,11-14,16H2,1-2H3,(H,24,27). The zero-order valence-corrected chi connectivity index (χ0v) is 18.6. The van der Waals surface area contributed by atoms with Crippen LogP contribution in [0.25, 0.3) is 10.9 Å². The minimum absolute atomic E-state index is 0.0996. The lowest BCUT2D eigenvalue weighted by Crippen LogP contribution is -2.46. The summed E-state index contributed by atoms with van der Waals surface area (Å²) in [6.45, 7) is 1.94. The van der Waals surface area contributed by atoms with Gasteiger partial charge in [0.25, 0.3) is 0 Å². The summed E-state index contributed by atoms with van der Waals surface area (Å²) in [6.07, 6.45) is 1.54. The van der Waals surface area contributed by atoms with Gasteiger partial charge in [-0.2, -0.15) is 4.31 Å². The minimum Gasteiger partial charge on any atom is -0.496 e. The molecule has 164 valence electrons. The van der Waals surface area contributed by atoms with E-state index in [0.717, 1.165) is 31.5 Å². The van der Waals surface area contributed by atoms with E-state index in [1.165, 1.54) is 6.07 Å². The number of piperidine rings is 1. The van der Waals surface area contributed by atoms with Gasteiger partial charge in [-0.3, -0.25) is 4.79 Å². The number of nitrogens with one attached hydrogen (secondary N) is 1. The van der Waals surface area contributed by atoms with Gasteiger partial charge in [-0.1, -0.05) is 18.2 Å². The number of benzene rings is 2. The predicted molar refractivity (Wildman–Crippen MR) is 121 cm³/mol. The highest BCUT2D eigenvalue weighted by atomic mass is 32.2. The Morgan fingerprint density at radius 3 is 2.58 bits per heavy atom. The number of pyridine rings is 1. The molecule has 0 amide bonds. The molecule has 0 spiro atoms. The van der Waals surface area contributed by atoms with Crippen molar-refractivity contribution in [2.75, 3.05) is 27.2 Å². The van der Waals surface area contributed by atoms with Crippen LogP contribution in [0.15, 0.2) is 64.3 Å². The molecule has 2 heterocycles. The van der Waals surface area contributed by atoms with Gasteiger partial charge in [-0.25, -0.2) is 8.42 Å². The molecule has 1 fully saturated rings. The van der Waals surface area contributed by atoms with Gasteiger partial charge in [-0.05, 0) is 68.7 Å². The summed E-state index contributed by atoms with van der Waals surface area (Å²) in [6, 6.07) is 15.3. The first-order valence-corrected chi connectivity index (χ1v) is 11.8. The van der Waals surface area contributed by atoms with E-state index >= 15 is 0 Å². The van der Waals surface area contributed by atoms with Crippen LogP contribution in [0, 0.1) is 0 Å². The number of H-pyrrole nitrogens is 1. The number of likely N-dealkylation sites (tertiary alicyclic amines) is 1. The van der Waals surface area contributed by atoms with Crippen LogP contribution in [0.3, 0.4) is 0 Å². The van der Waals surface area contributed by atoms with Gasteiger partial charge >= 0.3 is 0 Å². The molecule has 0 bridgehead atoms. The highest BCUT2D eigenvalue weighted by Gasteiger charge is 2.34. The number of nitrogens with zero attached hydrogens (tertiary/aromatic N) is 2. The molecule has 4 rings (SSSR count). The van der Waals surface area contributed by atoms with E-state index in [4.69, 9.17) is 4.74 Å². The van der Waals surface area contributed by atoms with Crippen LogP contribution in [0.2, 0.25) is 0 Å². The maximum absolute atomic E-state index is 13.8. The topological polar surface area (TPSA) is 82.7 Å². The minimum atomic E-state index is -3.78. The van der Waals surface area contributed by atoms with Crippen LogP contribution in [0.4, 0.5) is 0 Å². The second kappa shape index (κ2) is 8.82. The van der Waals surface area contributed by atoms with Gasteiger partial charge in [0.1, 0.15) is 5.75 Å². The zero-order chi connectivity index (χ0) is 22.0. The van der Waals surface area contributed by atoms with Crippen LogP contribution in [0.1, 0.15) is 18.4 Å². The third-order valence-electron chi connectivity index (χ3n) is 5.92. The summed E-state index contributed by atoms with van der Waals surface area (Å²) in [5.74, 6) is 0.673. The number of hydrogen-bond donors (Lipinski definition) is 1. The Kier molecular flexibility index (Phi) is 6.13. The lowest BCUT2D eigenvalue weighted by Gasteiger charge is -2.36. The molecule has 1 aromatic heterocycles. The predicted octanol–water partition coefficient (Wildman–Crippen LogP) is 2.82. The fraction of sp³-hybridized carbons (Fsp3) is 0.348. The Labute approximate surface area is 182 Å². The van der Waals surface area contributed by atoms with Gasteiger partial charge in [0.05, 0.1) is 12.0 Å². The lowest BCUT2D eigenvalue weighted by atomic mass is 10.0. The third kappa shape index (κ3) is 4.51. The van der Waals surface area contributed by atoms with E-state index in [2.05, 4.69) is 16.9 Å². The molecule has 0 saturated carbocycles. The Hall–Kier alpha value is -2.68. The van der Waals surface area contributed by atoms with E-state index in [9.17, 15) is 13.2 Å². The quantitative estimate of drug-likeness (QED) is 0.636. The molecule has 2 aromatic carbocycles. The smallest absolute Gasteiger partial charge is 0.248 e. The number of rotatable bonds is 6. The maximum atomic E-state index is 13.8. The Balaban J connectivity index is 1.75. The molecular formula is C23H27N3O4S. The SMILES string of the molecule is COc1ccccc1CN(C1CCN(C)CC1)S(=O)(=O)c1ccc2[nH]c(=O)ccc2c1. The van der Waals surface area contributed by atoms with Gasteiger partial charge < -0.3 is 14.6 Å². The van der Waals surface area contributed by atoms with Crippen molar-refractivity contribution >= 4 is 20.9 Å². The highest BCUT2D eigenvalue weighted by molar-refractivity contribution is 7.89. The maximum Gasteiger partial charge on any atom is 0.248 e. The number of methoxy groups -OCH3 is 1. The Bertz CT molecular complexity index is 1230. The average molecular weight is 442 g/mol. The van der Waals surface area contributed by atoms with Crippen LogP contribution in [-0.2, 0) is 16.6 Å². The molecule has 31 heavy (non-hydrogen) atoms. The van der Waals surface area contributed by atoms with Crippen molar-refractivity contribution in [1.29, 1.82) is 0 Å². The van der Waals surface area contributed by atoms with E-state index in [-0.39, 0.29) is 23.0 Å². The van der Waals surface area contributed by atoms with Crippen molar-refractivity contribution in [3.63, 3.8) is 0 Å². The molecule has 1 aliphatic heterocycles. The first-order chi connectivity index (χ1) is 14.9.